The highest BCUT2D eigenvalue weighted by molar-refractivity contribution is 14.1. The third kappa shape index (κ3) is 5.23. The highest BCUT2D eigenvalue weighted by atomic mass is 127. The van der Waals surface area contributed by atoms with Crippen molar-refractivity contribution in [1.29, 1.82) is 0 Å². The summed E-state index contributed by atoms with van der Waals surface area (Å²) in [5, 5.41) is 3.75. The lowest BCUT2D eigenvalue weighted by Gasteiger charge is -2.38. The highest BCUT2D eigenvalue weighted by Crippen LogP contribution is 2.38. The maximum atomic E-state index is 11.9. The molecule has 31 heavy (non-hydrogen) atoms. The fourth-order valence-electron chi connectivity index (χ4n) is 4.34. The van der Waals surface area contributed by atoms with Gasteiger partial charge in [-0.2, -0.15) is 0 Å². The average Bonchev–Trinajstić information content (AvgIpc) is 3.05. The van der Waals surface area contributed by atoms with Crippen LogP contribution in [0.2, 0.25) is 0 Å². The van der Waals surface area contributed by atoms with Crippen LogP contribution in [0.15, 0.2) is 12.5 Å². The third-order valence-electron chi connectivity index (χ3n) is 5.76. The Morgan fingerprint density at radius 1 is 1.23 bits per heavy atom. The molecule has 3 heterocycles. The van der Waals surface area contributed by atoms with Crippen LogP contribution in [-0.2, 0) is 14.2 Å². The van der Waals surface area contributed by atoms with Crippen molar-refractivity contribution < 1.29 is 19.0 Å². The second-order valence-corrected chi connectivity index (χ2v) is 10.5. The number of aromatic nitrogens is 3. The molecule has 0 spiro atoms. The van der Waals surface area contributed by atoms with E-state index >= 15 is 0 Å². The third-order valence-corrected chi connectivity index (χ3v) is 6.57. The van der Waals surface area contributed by atoms with Crippen LogP contribution in [0, 0.1) is 9.49 Å². The fraction of sp³-hybridized carbons (Fsp3) is 0.667. The minimum Gasteiger partial charge on any atom is -0.444 e. The number of amides is 1. The number of hydrogen-bond acceptors (Lipinski definition) is 7. The number of fused-ring (bicyclic) bond motifs is 1. The first-order valence-electron chi connectivity index (χ1n) is 10.7. The minimum atomic E-state index is -0.525. The Morgan fingerprint density at radius 3 is 2.55 bits per heavy atom. The van der Waals surface area contributed by atoms with Gasteiger partial charge in [-0.25, -0.2) is 14.8 Å². The molecule has 4 rings (SSSR count). The van der Waals surface area contributed by atoms with E-state index in [1.54, 1.807) is 0 Å². The maximum Gasteiger partial charge on any atom is 0.408 e. The van der Waals surface area contributed by atoms with Crippen molar-refractivity contribution in [3.8, 4) is 0 Å². The van der Waals surface area contributed by atoms with E-state index < -0.39 is 11.7 Å². The number of hydrogen-bond donors (Lipinski definition) is 2. The standard InChI is InChI=1S/C21H30IN5O4/c1-21(2,3)31-20(28)26-13-9-29-19(30-10-13)12-4-6-14(7-5-12)27-8-15(22)16-17(23)24-11-25-18(16)27/h8,11-14,19H,4-7,9-10H2,1-3H3,(H,26,28)(H2,23,24,25). The molecule has 170 valence electrons. The van der Waals surface area contributed by atoms with Crippen molar-refractivity contribution in [2.75, 3.05) is 18.9 Å². The Labute approximate surface area is 195 Å². The smallest absolute Gasteiger partial charge is 0.408 e. The monoisotopic (exact) mass is 543 g/mol. The van der Waals surface area contributed by atoms with E-state index in [2.05, 4.69) is 48.6 Å². The van der Waals surface area contributed by atoms with Gasteiger partial charge in [0.25, 0.3) is 0 Å². The van der Waals surface area contributed by atoms with E-state index in [-0.39, 0.29) is 12.3 Å². The zero-order chi connectivity index (χ0) is 22.2. The Bertz CT molecular complexity index is 928. The van der Waals surface area contributed by atoms with Gasteiger partial charge in [-0.1, -0.05) is 0 Å². The van der Waals surface area contributed by atoms with E-state index in [0.717, 1.165) is 40.3 Å². The molecule has 0 radical (unpaired) electrons. The highest BCUT2D eigenvalue weighted by Gasteiger charge is 2.34. The second kappa shape index (κ2) is 9.07. The van der Waals surface area contributed by atoms with Gasteiger partial charge in [0.15, 0.2) is 6.29 Å². The summed E-state index contributed by atoms with van der Waals surface area (Å²) in [5.74, 6) is 0.875. The van der Waals surface area contributed by atoms with Crippen LogP contribution < -0.4 is 11.1 Å². The summed E-state index contributed by atoms with van der Waals surface area (Å²) in [6.07, 6.45) is 7.06. The summed E-state index contributed by atoms with van der Waals surface area (Å²) < 4.78 is 20.5. The lowest BCUT2D eigenvalue weighted by Crippen LogP contribution is -2.50. The molecule has 2 aromatic heterocycles. The van der Waals surface area contributed by atoms with Gasteiger partial charge >= 0.3 is 6.09 Å². The summed E-state index contributed by atoms with van der Waals surface area (Å²) in [7, 11) is 0. The summed E-state index contributed by atoms with van der Waals surface area (Å²) in [5.41, 5.74) is 6.43. The molecule has 1 aliphatic heterocycles. The molecule has 9 nitrogen and oxygen atoms in total. The molecule has 10 heteroatoms. The quantitative estimate of drug-likeness (QED) is 0.569. The topological polar surface area (TPSA) is 114 Å². The van der Waals surface area contributed by atoms with Gasteiger partial charge in [0.05, 0.1) is 24.6 Å². The molecular formula is C21H30IN5O4. The van der Waals surface area contributed by atoms with Gasteiger partial charge in [-0.15, -0.1) is 0 Å². The molecule has 0 atom stereocenters. The predicted molar refractivity (Wildman–Crippen MR) is 125 cm³/mol. The molecule has 1 saturated heterocycles. The number of carbonyl (C=O) groups excluding carboxylic acids is 1. The Kier molecular flexibility index (Phi) is 6.59. The van der Waals surface area contributed by atoms with Gasteiger partial charge in [0.2, 0.25) is 0 Å². The van der Waals surface area contributed by atoms with Crippen LogP contribution in [0.4, 0.5) is 10.6 Å². The molecule has 2 fully saturated rings. The SMILES string of the molecule is CC(C)(C)OC(=O)NC1COC(C2CCC(n3cc(I)c4c(N)ncnc43)CC2)OC1. The lowest BCUT2D eigenvalue weighted by atomic mass is 9.85. The summed E-state index contributed by atoms with van der Waals surface area (Å²) in [4.78, 5) is 20.5. The first-order chi connectivity index (χ1) is 14.7. The van der Waals surface area contributed by atoms with E-state index in [1.165, 1.54) is 6.33 Å². The molecule has 1 amide bonds. The number of nitrogens with two attached hydrogens (primary N) is 1. The van der Waals surface area contributed by atoms with Crippen molar-refractivity contribution in [2.45, 2.75) is 70.4 Å². The van der Waals surface area contributed by atoms with Crippen LogP contribution >= 0.6 is 22.6 Å². The molecule has 1 aliphatic carbocycles. The molecule has 0 unspecified atom stereocenters. The molecular weight excluding hydrogens is 513 g/mol. The number of nitrogens with zero attached hydrogens (tertiary/aromatic N) is 3. The first kappa shape index (κ1) is 22.5. The Hall–Kier alpha value is -1.66. The van der Waals surface area contributed by atoms with Crippen molar-refractivity contribution in [3.05, 3.63) is 16.1 Å². The zero-order valence-electron chi connectivity index (χ0n) is 18.1. The fourth-order valence-corrected chi connectivity index (χ4v) is 5.16. The van der Waals surface area contributed by atoms with Crippen LogP contribution in [0.3, 0.4) is 0 Å². The Balaban J connectivity index is 1.29. The average molecular weight is 543 g/mol. The Morgan fingerprint density at radius 2 is 1.90 bits per heavy atom. The first-order valence-corrected chi connectivity index (χ1v) is 11.8. The number of nitrogen functional groups attached to an aromatic ring is 1. The van der Waals surface area contributed by atoms with Gasteiger partial charge in [-0.05, 0) is 69.0 Å². The van der Waals surface area contributed by atoms with E-state index in [4.69, 9.17) is 19.9 Å². The van der Waals surface area contributed by atoms with Gasteiger partial charge < -0.3 is 29.8 Å². The van der Waals surface area contributed by atoms with Crippen molar-refractivity contribution in [1.82, 2.24) is 19.9 Å². The molecule has 1 saturated carbocycles. The van der Waals surface area contributed by atoms with Gasteiger partial charge in [-0.3, -0.25) is 0 Å². The molecule has 0 bridgehead atoms. The lowest BCUT2D eigenvalue weighted by molar-refractivity contribution is -0.219. The number of anilines is 1. The van der Waals surface area contributed by atoms with Crippen LogP contribution in [0.5, 0.6) is 0 Å². The molecule has 2 aliphatic rings. The molecule has 2 aromatic rings. The van der Waals surface area contributed by atoms with Crippen molar-refractivity contribution >= 4 is 45.5 Å². The minimum absolute atomic E-state index is 0.194. The normalized spacial score (nSPS) is 27.2. The van der Waals surface area contributed by atoms with Crippen LogP contribution in [-0.4, -0.2) is 51.8 Å². The van der Waals surface area contributed by atoms with E-state index in [0.29, 0.717) is 31.0 Å². The number of halogens is 1. The van der Waals surface area contributed by atoms with E-state index in [9.17, 15) is 4.79 Å². The van der Waals surface area contributed by atoms with Crippen molar-refractivity contribution in [2.24, 2.45) is 5.92 Å². The van der Waals surface area contributed by atoms with Crippen LogP contribution in [0.25, 0.3) is 11.0 Å². The maximum absolute atomic E-state index is 11.9. The number of carbonyl (C=O) groups is 1. The van der Waals surface area contributed by atoms with Gasteiger partial charge in [0, 0.05) is 21.7 Å². The number of ether oxygens (including phenoxy) is 3. The zero-order valence-corrected chi connectivity index (χ0v) is 20.3. The van der Waals surface area contributed by atoms with Crippen LogP contribution in [0.1, 0.15) is 52.5 Å². The molecule has 3 N–H and O–H groups in total. The van der Waals surface area contributed by atoms with Gasteiger partial charge in [0.1, 0.15) is 23.4 Å². The second-order valence-electron chi connectivity index (χ2n) is 9.29. The number of rotatable bonds is 3. The number of nitrogens with one attached hydrogen (secondary N) is 1. The predicted octanol–water partition coefficient (Wildman–Crippen LogP) is 3.62. The summed E-state index contributed by atoms with van der Waals surface area (Å²) in [6.45, 7) is 6.38. The molecule has 0 aromatic carbocycles. The largest absolute Gasteiger partial charge is 0.444 e. The summed E-state index contributed by atoms with van der Waals surface area (Å²) >= 11 is 2.30. The number of alkyl carbamates (subject to hydrolysis) is 1. The summed E-state index contributed by atoms with van der Waals surface area (Å²) in [6, 6.07) is 0.183. The van der Waals surface area contributed by atoms with Crippen molar-refractivity contribution in [3.63, 3.8) is 0 Å². The van der Waals surface area contributed by atoms with E-state index in [1.807, 2.05) is 20.8 Å².